The van der Waals surface area contributed by atoms with Gasteiger partial charge < -0.3 is 19.8 Å². The number of amides is 2. The number of carbonyl (C=O) groups is 3. The molecule has 0 radical (unpaired) electrons. The van der Waals surface area contributed by atoms with Crippen molar-refractivity contribution in [1.29, 1.82) is 0 Å². The second-order valence-electron chi connectivity index (χ2n) is 5.84. The molecule has 0 fully saturated rings. The number of benzene rings is 1. The van der Waals surface area contributed by atoms with E-state index in [0.717, 1.165) is 0 Å². The fraction of sp³-hybridized carbons (Fsp3) is 0.278. The van der Waals surface area contributed by atoms with E-state index in [1.165, 1.54) is 12.3 Å². The molecule has 2 rings (SSSR count). The average Bonchev–Trinajstić information content (AvgIpc) is 3.12. The molecule has 0 aliphatic carbocycles. The van der Waals surface area contributed by atoms with Gasteiger partial charge in [-0.15, -0.1) is 0 Å². The van der Waals surface area contributed by atoms with Crippen LogP contribution in [0, 0.1) is 5.92 Å². The minimum atomic E-state index is -0.911. The van der Waals surface area contributed by atoms with E-state index < -0.39 is 30.4 Å². The van der Waals surface area contributed by atoms with Gasteiger partial charge in [-0.25, -0.2) is 4.79 Å². The van der Waals surface area contributed by atoms with Crippen molar-refractivity contribution in [2.45, 2.75) is 19.9 Å². The quantitative estimate of drug-likeness (QED) is 0.722. The van der Waals surface area contributed by atoms with E-state index in [2.05, 4.69) is 10.6 Å². The van der Waals surface area contributed by atoms with E-state index in [0.29, 0.717) is 10.7 Å². The number of hydrogen-bond acceptors (Lipinski definition) is 5. The average molecular weight is 379 g/mol. The van der Waals surface area contributed by atoms with Crippen LogP contribution in [0.25, 0.3) is 0 Å². The highest BCUT2D eigenvalue weighted by atomic mass is 35.5. The molecule has 0 unspecified atom stereocenters. The van der Waals surface area contributed by atoms with E-state index >= 15 is 0 Å². The van der Waals surface area contributed by atoms with E-state index in [1.807, 2.05) is 0 Å². The number of carbonyl (C=O) groups excluding carboxylic acids is 3. The highest BCUT2D eigenvalue weighted by molar-refractivity contribution is 6.30. The maximum absolute atomic E-state index is 12.2. The maximum Gasteiger partial charge on any atom is 0.329 e. The summed E-state index contributed by atoms with van der Waals surface area (Å²) in [4.78, 5) is 36.2. The Morgan fingerprint density at radius 1 is 1.19 bits per heavy atom. The Balaban J connectivity index is 1.88. The van der Waals surface area contributed by atoms with E-state index in [9.17, 15) is 14.4 Å². The molecule has 26 heavy (non-hydrogen) atoms. The van der Waals surface area contributed by atoms with Crippen LogP contribution in [0.15, 0.2) is 47.1 Å². The summed E-state index contributed by atoms with van der Waals surface area (Å²) >= 11 is 5.84. The monoisotopic (exact) mass is 378 g/mol. The van der Waals surface area contributed by atoms with Gasteiger partial charge in [-0.2, -0.15) is 0 Å². The summed E-state index contributed by atoms with van der Waals surface area (Å²) in [5.41, 5.74) is 0.491. The fourth-order valence-electron chi connectivity index (χ4n) is 2.11. The Hall–Kier alpha value is -2.80. The Morgan fingerprint density at radius 2 is 1.96 bits per heavy atom. The fourth-order valence-corrected chi connectivity index (χ4v) is 2.30. The van der Waals surface area contributed by atoms with Gasteiger partial charge in [0.15, 0.2) is 12.4 Å². The van der Waals surface area contributed by atoms with E-state index in [4.69, 9.17) is 20.8 Å². The first-order chi connectivity index (χ1) is 12.4. The van der Waals surface area contributed by atoms with Gasteiger partial charge in [0, 0.05) is 10.7 Å². The van der Waals surface area contributed by atoms with E-state index in [1.54, 1.807) is 44.2 Å². The lowest BCUT2D eigenvalue weighted by molar-refractivity contribution is -0.150. The van der Waals surface area contributed by atoms with Crippen molar-refractivity contribution in [3.63, 3.8) is 0 Å². The van der Waals surface area contributed by atoms with Crippen molar-refractivity contribution in [2.24, 2.45) is 5.92 Å². The Kier molecular flexibility index (Phi) is 6.80. The summed E-state index contributed by atoms with van der Waals surface area (Å²) in [6.45, 7) is 3.02. The molecule has 1 atom stereocenters. The van der Waals surface area contributed by atoms with Gasteiger partial charge in [-0.05, 0) is 36.2 Å². The summed E-state index contributed by atoms with van der Waals surface area (Å²) in [5.74, 6) is -1.91. The standard InChI is InChI=1S/C18H19ClN2O5/c1-11(2)16(21-17(23)14-7-4-8-25-14)18(24)26-10-15(22)20-13-6-3-5-12(19)9-13/h3-9,11,16H,10H2,1-2H3,(H,20,22)(H,21,23)/t16-/m0/s1. The minimum absolute atomic E-state index is 0.0853. The van der Waals surface area contributed by atoms with Crippen molar-refractivity contribution in [3.05, 3.63) is 53.4 Å². The highest BCUT2D eigenvalue weighted by Crippen LogP contribution is 2.14. The lowest BCUT2D eigenvalue weighted by atomic mass is 10.0. The smallest absolute Gasteiger partial charge is 0.329 e. The third-order valence-corrected chi connectivity index (χ3v) is 3.64. The summed E-state index contributed by atoms with van der Waals surface area (Å²) in [6, 6.07) is 8.73. The van der Waals surface area contributed by atoms with Crippen molar-refractivity contribution >= 4 is 35.1 Å². The molecule has 2 N–H and O–H groups in total. The third-order valence-electron chi connectivity index (χ3n) is 3.41. The summed E-state index contributed by atoms with van der Waals surface area (Å²) in [7, 11) is 0. The molecule has 2 aromatic rings. The molecule has 2 amide bonds. The molecule has 0 saturated heterocycles. The lowest BCUT2D eigenvalue weighted by Crippen LogP contribution is -2.45. The zero-order valence-corrected chi connectivity index (χ0v) is 15.1. The molecule has 1 aromatic carbocycles. The Morgan fingerprint density at radius 3 is 2.58 bits per heavy atom. The second kappa shape index (κ2) is 9.05. The van der Waals surface area contributed by atoms with Gasteiger partial charge >= 0.3 is 5.97 Å². The van der Waals surface area contributed by atoms with Crippen molar-refractivity contribution in [3.8, 4) is 0 Å². The van der Waals surface area contributed by atoms with Crippen LogP contribution < -0.4 is 10.6 Å². The Labute approximate surface area is 155 Å². The molecule has 7 nitrogen and oxygen atoms in total. The second-order valence-corrected chi connectivity index (χ2v) is 6.28. The molecular formula is C18H19ClN2O5. The first-order valence-electron chi connectivity index (χ1n) is 7.93. The minimum Gasteiger partial charge on any atom is -0.459 e. The van der Waals surface area contributed by atoms with Crippen molar-refractivity contribution in [2.75, 3.05) is 11.9 Å². The van der Waals surface area contributed by atoms with Crippen LogP contribution in [0.1, 0.15) is 24.4 Å². The first-order valence-corrected chi connectivity index (χ1v) is 8.31. The number of rotatable bonds is 7. The molecule has 0 saturated carbocycles. The highest BCUT2D eigenvalue weighted by Gasteiger charge is 2.27. The summed E-state index contributed by atoms with van der Waals surface area (Å²) in [5, 5.41) is 5.58. The first kappa shape index (κ1) is 19.5. The van der Waals surface area contributed by atoms with Crippen LogP contribution in [0.4, 0.5) is 5.69 Å². The zero-order valence-electron chi connectivity index (χ0n) is 14.3. The molecule has 0 spiro atoms. The summed E-state index contributed by atoms with van der Waals surface area (Å²) in [6.07, 6.45) is 1.36. The van der Waals surface area contributed by atoms with Crippen LogP contribution in [0.5, 0.6) is 0 Å². The molecule has 1 heterocycles. The topological polar surface area (TPSA) is 97.6 Å². The SMILES string of the molecule is CC(C)[C@H](NC(=O)c1ccco1)C(=O)OCC(=O)Nc1cccc(Cl)c1. The molecule has 1 aromatic heterocycles. The number of hydrogen-bond donors (Lipinski definition) is 2. The third kappa shape index (κ3) is 5.63. The molecule has 8 heteroatoms. The molecule has 0 bridgehead atoms. The van der Waals surface area contributed by atoms with Gasteiger partial charge in [-0.1, -0.05) is 31.5 Å². The number of furan rings is 1. The van der Waals surface area contributed by atoms with Crippen molar-refractivity contribution < 1.29 is 23.5 Å². The predicted octanol–water partition coefficient (Wildman–Crippen LogP) is 2.87. The summed E-state index contributed by atoms with van der Waals surface area (Å²) < 4.78 is 10.0. The van der Waals surface area contributed by atoms with Crippen molar-refractivity contribution in [1.82, 2.24) is 5.32 Å². The van der Waals surface area contributed by atoms with Crippen LogP contribution in [0.2, 0.25) is 5.02 Å². The normalized spacial score (nSPS) is 11.7. The zero-order chi connectivity index (χ0) is 19.1. The number of halogens is 1. The lowest BCUT2D eigenvalue weighted by Gasteiger charge is -2.20. The van der Waals surface area contributed by atoms with Gasteiger partial charge in [0.2, 0.25) is 0 Å². The Bertz CT molecular complexity index is 774. The van der Waals surface area contributed by atoms with Crippen LogP contribution in [-0.2, 0) is 14.3 Å². The maximum atomic E-state index is 12.2. The molecular weight excluding hydrogens is 360 g/mol. The number of esters is 1. The number of anilines is 1. The van der Waals surface area contributed by atoms with Gasteiger partial charge in [0.05, 0.1) is 6.26 Å². The van der Waals surface area contributed by atoms with E-state index in [-0.39, 0.29) is 11.7 Å². The van der Waals surface area contributed by atoms with Gasteiger partial charge in [0.1, 0.15) is 6.04 Å². The van der Waals surface area contributed by atoms with Gasteiger partial charge in [-0.3, -0.25) is 9.59 Å². The number of nitrogens with one attached hydrogen (secondary N) is 2. The molecule has 0 aliphatic rings. The van der Waals surface area contributed by atoms with Crippen LogP contribution in [-0.4, -0.2) is 30.4 Å². The number of ether oxygens (including phenoxy) is 1. The van der Waals surface area contributed by atoms with Crippen LogP contribution in [0.3, 0.4) is 0 Å². The van der Waals surface area contributed by atoms with Gasteiger partial charge in [0.25, 0.3) is 11.8 Å². The molecule has 138 valence electrons. The molecule has 0 aliphatic heterocycles. The largest absolute Gasteiger partial charge is 0.459 e. The predicted molar refractivity (Wildman–Crippen MR) is 95.8 cm³/mol. The van der Waals surface area contributed by atoms with Crippen LogP contribution >= 0.6 is 11.6 Å².